The number of rotatable bonds is 5. The number of hydrogen-bond acceptors (Lipinski definition) is 5. The Kier molecular flexibility index (Phi) is 4.93. The van der Waals surface area contributed by atoms with Gasteiger partial charge in [0.15, 0.2) is 0 Å². The van der Waals surface area contributed by atoms with Gasteiger partial charge in [-0.25, -0.2) is 5.84 Å². The van der Waals surface area contributed by atoms with Crippen molar-refractivity contribution in [2.24, 2.45) is 5.84 Å². The fraction of sp³-hybridized carbons (Fsp3) is 0.615. The van der Waals surface area contributed by atoms with Crippen LogP contribution in [0.25, 0.3) is 0 Å². The molecular weight excluding hydrogens is 262 g/mol. The van der Waals surface area contributed by atoms with Gasteiger partial charge in [0.25, 0.3) is 5.91 Å². The van der Waals surface area contributed by atoms with E-state index in [1.165, 1.54) is 16.9 Å². The van der Waals surface area contributed by atoms with Gasteiger partial charge in [0.05, 0.1) is 11.0 Å². The first-order valence-electron chi connectivity index (χ1n) is 6.50. The van der Waals surface area contributed by atoms with Gasteiger partial charge in [-0.3, -0.25) is 15.1 Å². The molecule has 1 amide bonds. The molecule has 1 aliphatic heterocycles. The highest BCUT2D eigenvalue weighted by Crippen LogP contribution is 2.23. The van der Waals surface area contributed by atoms with E-state index in [2.05, 4.69) is 17.4 Å². The lowest BCUT2D eigenvalue weighted by atomic mass is 10.2. The third-order valence-corrected chi connectivity index (χ3v) is 4.45. The zero-order valence-electron chi connectivity index (χ0n) is 11.4. The molecule has 1 aromatic rings. The largest absolute Gasteiger partial charge is 0.377 e. The Morgan fingerprint density at radius 3 is 3.11 bits per heavy atom. The zero-order valence-corrected chi connectivity index (χ0v) is 12.3. The maximum absolute atomic E-state index is 11.5. The molecule has 1 aromatic heterocycles. The molecule has 1 aliphatic rings. The lowest BCUT2D eigenvalue weighted by Crippen LogP contribution is -2.29. The van der Waals surface area contributed by atoms with Crippen LogP contribution in [0.1, 0.15) is 33.0 Å². The van der Waals surface area contributed by atoms with Crippen LogP contribution in [0.5, 0.6) is 0 Å². The van der Waals surface area contributed by atoms with Gasteiger partial charge in [-0.05, 0) is 38.4 Å². The Morgan fingerprint density at radius 1 is 1.68 bits per heavy atom. The maximum atomic E-state index is 11.5. The minimum absolute atomic E-state index is 0.221. The van der Waals surface area contributed by atoms with Crippen molar-refractivity contribution in [3.63, 3.8) is 0 Å². The van der Waals surface area contributed by atoms with Crippen LogP contribution in [0.4, 0.5) is 0 Å². The molecule has 3 N–H and O–H groups in total. The van der Waals surface area contributed by atoms with E-state index >= 15 is 0 Å². The number of aryl methyl sites for hydroxylation is 1. The van der Waals surface area contributed by atoms with Gasteiger partial charge in [-0.15, -0.1) is 11.3 Å². The van der Waals surface area contributed by atoms with E-state index in [1.54, 1.807) is 0 Å². The van der Waals surface area contributed by atoms with E-state index in [0.29, 0.717) is 11.0 Å². The summed E-state index contributed by atoms with van der Waals surface area (Å²) in [6.07, 6.45) is 2.67. The molecule has 0 aliphatic carbocycles. The van der Waals surface area contributed by atoms with Crippen LogP contribution in [0.2, 0.25) is 0 Å². The number of nitrogens with two attached hydrogens (primary N) is 1. The molecule has 0 saturated carbocycles. The van der Waals surface area contributed by atoms with Crippen molar-refractivity contribution >= 4 is 17.2 Å². The van der Waals surface area contributed by atoms with E-state index in [-0.39, 0.29) is 5.91 Å². The molecule has 2 rings (SSSR count). The first kappa shape index (κ1) is 14.5. The van der Waals surface area contributed by atoms with Gasteiger partial charge in [-0.2, -0.15) is 0 Å². The smallest absolute Gasteiger partial charge is 0.275 e. The van der Waals surface area contributed by atoms with Crippen molar-refractivity contribution in [3.8, 4) is 0 Å². The molecule has 0 radical (unpaired) electrons. The summed E-state index contributed by atoms with van der Waals surface area (Å²) in [6.45, 7) is 4.69. The van der Waals surface area contributed by atoms with Gasteiger partial charge in [-0.1, -0.05) is 0 Å². The molecule has 1 saturated heterocycles. The summed E-state index contributed by atoms with van der Waals surface area (Å²) in [5, 5.41) is 0. The summed E-state index contributed by atoms with van der Waals surface area (Å²) in [5.74, 6) is 4.93. The standard InChI is InChI=1S/C13H21N3O2S/c1-9-10(6-12(19-9)13(17)15-14)7-16(2)8-11-4-3-5-18-11/h6,11H,3-5,7-8,14H2,1-2H3,(H,15,17). The van der Waals surface area contributed by atoms with Crippen LogP contribution < -0.4 is 11.3 Å². The quantitative estimate of drug-likeness (QED) is 0.485. The maximum Gasteiger partial charge on any atom is 0.275 e. The number of hydrogen-bond donors (Lipinski definition) is 2. The molecule has 1 atom stereocenters. The Bertz CT molecular complexity index is 441. The van der Waals surface area contributed by atoms with Crippen molar-refractivity contribution in [3.05, 3.63) is 21.4 Å². The van der Waals surface area contributed by atoms with Crippen molar-refractivity contribution in [2.75, 3.05) is 20.2 Å². The number of nitrogens with zero attached hydrogens (tertiary/aromatic N) is 1. The molecule has 1 fully saturated rings. The van der Waals surface area contributed by atoms with Crippen molar-refractivity contribution in [1.29, 1.82) is 0 Å². The minimum Gasteiger partial charge on any atom is -0.377 e. The molecule has 19 heavy (non-hydrogen) atoms. The molecular formula is C13H21N3O2S. The number of ether oxygens (including phenoxy) is 1. The summed E-state index contributed by atoms with van der Waals surface area (Å²) >= 11 is 1.48. The third kappa shape index (κ3) is 3.76. The van der Waals surface area contributed by atoms with Gasteiger partial charge in [0.2, 0.25) is 0 Å². The summed E-state index contributed by atoms with van der Waals surface area (Å²) in [4.78, 5) is 15.6. The Hall–Kier alpha value is -0.950. The van der Waals surface area contributed by atoms with E-state index in [4.69, 9.17) is 10.6 Å². The number of nitrogens with one attached hydrogen (secondary N) is 1. The number of amides is 1. The molecule has 0 bridgehead atoms. The van der Waals surface area contributed by atoms with Gasteiger partial charge >= 0.3 is 0 Å². The average Bonchev–Trinajstić information content (AvgIpc) is 2.99. The number of likely N-dealkylation sites (N-methyl/N-ethyl adjacent to an activating group) is 1. The molecule has 5 nitrogen and oxygen atoms in total. The molecule has 0 aromatic carbocycles. The van der Waals surface area contributed by atoms with Crippen molar-refractivity contribution in [2.45, 2.75) is 32.4 Å². The van der Waals surface area contributed by atoms with Crippen LogP contribution in [0, 0.1) is 6.92 Å². The summed E-state index contributed by atoms with van der Waals surface area (Å²) in [7, 11) is 2.08. The van der Waals surface area contributed by atoms with Gasteiger partial charge in [0.1, 0.15) is 0 Å². The average molecular weight is 283 g/mol. The van der Waals surface area contributed by atoms with Crippen LogP contribution >= 0.6 is 11.3 Å². The molecule has 1 unspecified atom stereocenters. The molecule has 2 heterocycles. The zero-order chi connectivity index (χ0) is 13.8. The third-order valence-electron chi connectivity index (χ3n) is 3.36. The fourth-order valence-electron chi connectivity index (χ4n) is 2.35. The van der Waals surface area contributed by atoms with Crippen LogP contribution in [-0.4, -0.2) is 37.1 Å². The molecule has 0 spiro atoms. The lowest BCUT2D eigenvalue weighted by molar-refractivity contribution is 0.0792. The van der Waals surface area contributed by atoms with Crippen LogP contribution in [0.15, 0.2) is 6.07 Å². The summed E-state index contributed by atoms with van der Waals surface area (Å²) in [6, 6.07) is 1.92. The highest BCUT2D eigenvalue weighted by molar-refractivity contribution is 7.14. The first-order chi connectivity index (χ1) is 9.10. The Balaban J connectivity index is 1.94. The van der Waals surface area contributed by atoms with E-state index in [9.17, 15) is 4.79 Å². The number of carbonyl (C=O) groups excluding carboxylic acids is 1. The second-order valence-corrected chi connectivity index (χ2v) is 6.25. The number of hydrazine groups is 1. The van der Waals surface area contributed by atoms with Crippen molar-refractivity contribution in [1.82, 2.24) is 10.3 Å². The van der Waals surface area contributed by atoms with E-state index in [0.717, 1.165) is 37.4 Å². The topological polar surface area (TPSA) is 67.6 Å². The molecule has 106 valence electrons. The number of thiophene rings is 1. The van der Waals surface area contributed by atoms with E-state index < -0.39 is 0 Å². The monoisotopic (exact) mass is 283 g/mol. The van der Waals surface area contributed by atoms with Crippen molar-refractivity contribution < 1.29 is 9.53 Å². The Morgan fingerprint density at radius 2 is 2.47 bits per heavy atom. The normalized spacial score (nSPS) is 19.1. The second-order valence-electron chi connectivity index (χ2n) is 5.00. The van der Waals surface area contributed by atoms with Crippen LogP contribution in [-0.2, 0) is 11.3 Å². The first-order valence-corrected chi connectivity index (χ1v) is 7.32. The highest BCUT2D eigenvalue weighted by Gasteiger charge is 2.18. The number of nitrogen functional groups attached to an aromatic ring is 1. The summed E-state index contributed by atoms with van der Waals surface area (Å²) < 4.78 is 5.63. The van der Waals surface area contributed by atoms with E-state index in [1.807, 2.05) is 13.0 Å². The van der Waals surface area contributed by atoms with Gasteiger partial charge in [0, 0.05) is 24.6 Å². The Labute approximate surface area is 117 Å². The number of carbonyl (C=O) groups is 1. The SMILES string of the molecule is Cc1sc(C(=O)NN)cc1CN(C)CC1CCCO1. The van der Waals surface area contributed by atoms with Gasteiger partial charge < -0.3 is 4.74 Å². The predicted octanol–water partition coefficient (Wildman–Crippen LogP) is 1.27. The predicted molar refractivity (Wildman–Crippen MR) is 76.0 cm³/mol. The van der Waals surface area contributed by atoms with Crippen LogP contribution in [0.3, 0.4) is 0 Å². The minimum atomic E-state index is -0.221. The molecule has 6 heteroatoms. The fourth-order valence-corrected chi connectivity index (χ4v) is 3.29. The lowest BCUT2D eigenvalue weighted by Gasteiger charge is -2.20. The second kappa shape index (κ2) is 6.47. The highest BCUT2D eigenvalue weighted by atomic mass is 32.1. The summed E-state index contributed by atoms with van der Waals surface area (Å²) in [5.41, 5.74) is 3.36.